The van der Waals surface area contributed by atoms with Gasteiger partial charge in [0.05, 0.1) is 11.3 Å². The number of carbonyl (C=O) groups excluding carboxylic acids is 3. The van der Waals surface area contributed by atoms with E-state index in [4.69, 9.17) is 5.26 Å². The molecule has 0 atom stereocenters. The number of hydrogen-bond donors (Lipinski definition) is 0. The molecule has 6 heteroatoms. The van der Waals surface area contributed by atoms with Crippen LogP contribution < -0.4 is 0 Å². The maximum Gasteiger partial charge on any atom is 0.253 e. The van der Waals surface area contributed by atoms with Gasteiger partial charge in [-0.2, -0.15) is 5.26 Å². The minimum absolute atomic E-state index is 0.0584. The number of aryl methyl sites for hydroxylation is 2. The summed E-state index contributed by atoms with van der Waals surface area (Å²) in [5, 5.41) is 9.00. The molecule has 6 nitrogen and oxygen atoms in total. The number of likely N-dealkylation sites (tertiary alicyclic amines) is 1. The summed E-state index contributed by atoms with van der Waals surface area (Å²) in [6, 6.07) is 18.6. The predicted octanol–water partition coefficient (Wildman–Crippen LogP) is 4.40. The van der Waals surface area contributed by atoms with Crippen molar-refractivity contribution in [3.8, 4) is 17.3 Å². The largest absolute Gasteiger partial charge is 0.337 e. The standard InChI is InChI=1S/C29H25N3O3/c1-18-10-22(23-9-8-20(14-30)15-31-23)11-19(2)26(18)27-24(33)12-29(13-25(27)34)16-32(17-29)28(35)21-6-4-3-5-7-21/h3-11,15,27H,12-13,16-17H2,1-2H3. The van der Waals surface area contributed by atoms with Gasteiger partial charge in [-0.1, -0.05) is 18.2 Å². The summed E-state index contributed by atoms with van der Waals surface area (Å²) in [4.78, 5) is 45.5. The molecule has 0 N–H and O–H groups in total. The first-order valence-corrected chi connectivity index (χ1v) is 11.7. The van der Waals surface area contributed by atoms with Crippen molar-refractivity contribution in [1.29, 1.82) is 5.26 Å². The van der Waals surface area contributed by atoms with Gasteiger partial charge in [0.25, 0.3) is 5.91 Å². The molecule has 1 amide bonds. The van der Waals surface area contributed by atoms with Crippen molar-refractivity contribution < 1.29 is 14.4 Å². The fraction of sp³-hybridized carbons (Fsp3) is 0.276. The van der Waals surface area contributed by atoms with E-state index in [1.807, 2.05) is 44.2 Å². The molecule has 0 unspecified atom stereocenters. The molecule has 2 heterocycles. The summed E-state index contributed by atoms with van der Waals surface area (Å²) in [6.07, 6.45) is 2.14. The molecule has 3 aromatic rings. The van der Waals surface area contributed by atoms with Gasteiger partial charge in [-0.25, -0.2) is 0 Å². The third-order valence-corrected chi connectivity index (χ3v) is 7.17. The van der Waals surface area contributed by atoms with Gasteiger partial charge in [0, 0.05) is 48.7 Å². The second-order valence-corrected chi connectivity index (χ2v) is 9.81. The lowest BCUT2D eigenvalue weighted by Gasteiger charge is -2.52. The van der Waals surface area contributed by atoms with E-state index in [0.29, 0.717) is 37.1 Å². The number of nitrogens with zero attached hydrogens (tertiary/aromatic N) is 3. The molecule has 1 aliphatic heterocycles. The van der Waals surface area contributed by atoms with E-state index in [2.05, 4.69) is 11.1 Å². The van der Waals surface area contributed by atoms with E-state index in [1.165, 1.54) is 6.20 Å². The van der Waals surface area contributed by atoms with Gasteiger partial charge in [0.1, 0.15) is 23.6 Å². The first kappa shape index (κ1) is 22.7. The predicted molar refractivity (Wildman–Crippen MR) is 131 cm³/mol. The Morgan fingerprint density at radius 2 is 1.63 bits per heavy atom. The molecular weight excluding hydrogens is 438 g/mol. The van der Waals surface area contributed by atoms with Gasteiger partial charge < -0.3 is 4.90 Å². The first-order valence-electron chi connectivity index (χ1n) is 11.7. The zero-order chi connectivity index (χ0) is 24.7. The Morgan fingerprint density at radius 1 is 1.00 bits per heavy atom. The Bertz CT molecular complexity index is 1340. The van der Waals surface area contributed by atoms with Crippen LogP contribution in [0.3, 0.4) is 0 Å². The van der Waals surface area contributed by atoms with Gasteiger partial charge in [-0.3, -0.25) is 19.4 Å². The number of benzene rings is 2. The van der Waals surface area contributed by atoms with Crippen molar-refractivity contribution in [2.75, 3.05) is 13.1 Å². The van der Waals surface area contributed by atoms with E-state index < -0.39 is 11.3 Å². The molecule has 1 spiro atoms. The van der Waals surface area contributed by atoms with Crippen LogP contribution in [-0.2, 0) is 9.59 Å². The number of carbonyl (C=O) groups is 3. The lowest BCUT2D eigenvalue weighted by molar-refractivity contribution is -0.141. The normalized spacial score (nSPS) is 17.2. The molecule has 1 aliphatic carbocycles. The van der Waals surface area contributed by atoms with Crippen molar-refractivity contribution in [3.05, 3.63) is 88.6 Å². The summed E-state index contributed by atoms with van der Waals surface area (Å²) < 4.78 is 0. The molecule has 1 saturated carbocycles. The average Bonchev–Trinajstić information content (AvgIpc) is 2.83. The number of aromatic nitrogens is 1. The van der Waals surface area contributed by atoms with Crippen LogP contribution in [0.5, 0.6) is 0 Å². The Balaban J connectivity index is 1.34. The minimum Gasteiger partial charge on any atom is -0.337 e. The summed E-state index contributed by atoms with van der Waals surface area (Å²) in [7, 11) is 0. The van der Waals surface area contributed by atoms with Gasteiger partial charge in [-0.05, 0) is 66.9 Å². The van der Waals surface area contributed by atoms with Crippen LogP contribution in [0.2, 0.25) is 0 Å². The molecule has 5 rings (SSSR count). The fourth-order valence-electron chi connectivity index (χ4n) is 5.61. The quantitative estimate of drug-likeness (QED) is 0.537. The van der Waals surface area contributed by atoms with E-state index in [9.17, 15) is 14.4 Å². The second kappa shape index (κ2) is 8.59. The topological polar surface area (TPSA) is 91.1 Å². The molecule has 1 saturated heterocycles. The van der Waals surface area contributed by atoms with Crippen molar-refractivity contribution in [3.63, 3.8) is 0 Å². The number of pyridine rings is 1. The van der Waals surface area contributed by atoms with Crippen LogP contribution in [-0.4, -0.2) is 40.4 Å². The highest BCUT2D eigenvalue weighted by molar-refractivity contribution is 6.11. The highest BCUT2D eigenvalue weighted by Gasteiger charge is 2.53. The molecule has 1 aromatic heterocycles. The smallest absolute Gasteiger partial charge is 0.253 e. The van der Waals surface area contributed by atoms with Crippen LogP contribution in [0.1, 0.15) is 51.4 Å². The summed E-state index contributed by atoms with van der Waals surface area (Å²) in [5.74, 6) is -0.952. The first-order chi connectivity index (χ1) is 16.8. The SMILES string of the molecule is Cc1cc(-c2ccc(C#N)cn2)cc(C)c1C1C(=O)CC2(CC1=O)CN(C(=O)c1ccccc1)C2. The maximum absolute atomic E-state index is 13.3. The summed E-state index contributed by atoms with van der Waals surface area (Å²) in [5.41, 5.74) is 4.83. The Kier molecular flexibility index (Phi) is 5.56. The number of ketones is 2. The van der Waals surface area contributed by atoms with Crippen LogP contribution >= 0.6 is 0 Å². The molecular formula is C29H25N3O3. The molecule has 174 valence electrons. The van der Waals surface area contributed by atoms with Crippen LogP contribution in [0.25, 0.3) is 11.3 Å². The van der Waals surface area contributed by atoms with Gasteiger partial charge in [0.15, 0.2) is 0 Å². The Morgan fingerprint density at radius 3 is 2.17 bits per heavy atom. The highest BCUT2D eigenvalue weighted by atomic mass is 16.2. The van der Waals surface area contributed by atoms with Crippen LogP contribution in [0.4, 0.5) is 0 Å². The Hall–Kier alpha value is -4.11. The minimum atomic E-state index is -0.762. The van der Waals surface area contributed by atoms with E-state index in [1.54, 1.807) is 29.2 Å². The number of rotatable bonds is 3. The zero-order valence-electron chi connectivity index (χ0n) is 19.7. The maximum atomic E-state index is 13.3. The van der Waals surface area contributed by atoms with Crippen molar-refractivity contribution >= 4 is 17.5 Å². The third-order valence-electron chi connectivity index (χ3n) is 7.17. The fourth-order valence-corrected chi connectivity index (χ4v) is 5.61. The lowest BCUT2D eigenvalue weighted by Crippen LogP contribution is -2.62. The van der Waals surface area contributed by atoms with Crippen molar-refractivity contribution in [2.45, 2.75) is 32.6 Å². The number of nitriles is 1. The average molecular weight is 464 g/mol. The third kappa shape index (κ3) is 4.04. The molecule has 2 aromatic carbocycles. The molecule has 2 aliphatic rings. The van der Waals surface area contributed by atoms with Gasteiger partial charge >= 0.3 is 0 Å². The highest BCUT2D eigenvalue weighted by Crippen LogP contribution is 2.46. The van der Waals surface area contributed by atoms with Crippen molar-refractivity contribution in [2.24, 2.45) is 5.41 Å². The monoisotopic (exact) mass is 463 g/mol. The van der Waals surface area contributed by atoms with Gasteiger partial charge in [-0.15, -0.1) is 0 Å². The van der Waals surface area contributed by atoms with Crippen LogP contribution in [0, 0.1) is 30.6 Å². The molecule has 2 fully saturated rings. The van der Waals surface area contributed by atoms with E-state index in [0.717, 1.165) is 27.9 Å². The number of Topliss-reactive ketones (excluding diaryl/α,β-unsaturated/α-hetero) is 2. The zero-order valence-corrected chi connectivity index (χ0v) is 19.7. The molecule has 0 radical (unpaired) electrons. The van der Waals surface area contributed by atoms with Crippen molar-refractivity contribution in [1.82, 2.24) is 9.88 Å². The van der Waals surface area contributed by atoms with Gasteiger partial charge in [0.2, 0.25) is 0 Å². The summed E-state index contributed by atoms with van der Waals surface area (Å²) in [6.45, 7) is 4.71. The number of hydrogen-bond acceptors (Lipinski definition) is 5. The molecule has 35 heavy (non-hydrogen) atoms. The molecule has 0 bridgehead atoms. The van der Waals surface area contributed by atoms with Crippen LogP contribution in [0.15, 0.2) is 60.8 Å². The van der Waals surface area contributed by atoms with E-state index >= 15 is 0 Å². The number of amides is 1. The lowest BCUT2D eigenvalue weighted by atomic mass is 9.63. The van der Waals surface area contributed by atoms with E-state index in [-0.39, 0.29) is 17.5 Å². The Labute approximate surface area is 204 Å². The second-order valence-electron chi connectivity index (χ2n) is 9.81. The summed E-state index contributed by atoms with van der Waals surface area (Å²) >= 11 is 0.